The van der Waals surface area contributed by atoms with Crippen LogP contribution in [0.2, 0.25) is 0 Å². The van der Waals surface area contributed by atoms with Crippen molar-refractivity contribution < 1.29 is 4.79 Å². The maximum Gasteiger partial charge on any atom is 0.158 e. The highest BCUT2D eigenvalue weighted by atomic mass is 32.1. The first kappa shape index (κ1) is 7.58. The summed E-state index contributed by atoms with van der Waals surface area (Å²) in [6.45, 7) is 0. The SMILES string of the molecule is O=C1CCCCC1N=C=S. The lowest BCUT2D eigenvalue weighted by molar-refractivity contribution is -0.121. The van der Waals surface area contributed by atoms with Gasteiger partial charge in [-0.15, -0.1) is 0 Å². The van der Waals surface area contributed by atoms with Crippen LogP contribution in [0.5, 0.6) is 0 Å². The molecule has 1 aliphatic rings. The lowest BCUT2D eigenvalue weighted by Gasteiger charge is -2.14. The van der Waals surface area contributed by atoms with Crippen molar-refractivity contribution in [1.29, 1.82) is 0 Å². The third kappa shape index (κ3) is 1.72. The highest BCUT2D eigenvalue weighted by Crippen LogP contribution is 2.16. The Morgan fingerprint density at radius 1 is 1.60 bits per heavy atom. The molecule has 1 aliphatic carbocycles. The van der Waals surface area contributed by atoms with Gasteiger partial charge in [0.1, 0.15) is 6.04 Å². The highest BCUT2D eigenvalue weighted by Gasteiger charge is 2.20. The fraction of sp³-hybridized carbons (Fsp3) is 0.714. The Kier molecular flexibility index (Phi) is 2.72. The van der Waals surface area contributed by atoms with Gasteiger partial charge in [-0.3, -0.25) is 4.79 Å². The lowest BCUT2D eigenvalue weighted by Crippen LogP contribution is -2.22. The minimum absolute atomic E-state index is 0.161. The first-order valence-electron chi connectivity index (χ1n) is 3.44. The second-order valence-corrected chi connectivity index (χ2v) is 2.63. The summed E-state index contributed by atoms with van der Waals surface area (Å²) in [5, 5.41) is 2.26. The van der Waals surface area contributed by atoms with E-state index >= 15 is 0 Å². The van der Waals surface area contributed by atoms with Gasteiger partial charge in [0.25, 0.3) is 0 Å². The Hall–Kier alpha value is -0.530. The number of hydrogen-bond acceptors (Lipinski definition) is 3. The van der Waals surface area contributed by atoms with Gasteiger partial charge in [0.15, 0.2) is 5.78 Å². The number of isothiocyanates is 1. The molecule has 0 saturated heterocycles. The van der Waals surface area contributed by atoms with E-state index in [1.54, 1.807) is 0 Å². The van der Waals surface area contributed by atoms with Gasteiger partial charge in [-0.2, -0.15) is 0 Å². The second kappa shape index (κ2) is 3.59. The molecule has 0 aromatic heterocycles. The molecule has 1 atom stereocenters. The first-order chi connectivity index (χ1) is 4.84. The normalized spacial score (nSPS) is 25.6. The predicted molar refractivity (Wildman–Crippen MR) is 42.3 cm³/mol. The van der Waals surface area contributed by atoms with Crippen molar-refractivity contribution in [3.63, 3.8) is 0 Å². The average Bonchev–Trinajstić information content (AvgIpc) is 1.94. The number of carbonyl (C=O) groups is 1. The second-order valence-electron chi connectivity index (χ2n) is 2.45. The number of hydrogen-bond donors (Lipinski definition) is 0. The molecule has 0 amide bonds. The summed E-state index contributed by atoms with van der Waals surface area (Å²) in [7, 11) is 0. The summed E-state index contributed by atoms with van der Waals surface area (Å²) >= 11 is 4.42. The maximum atomic E-state index is 11.0. The Bertz CT molecular complexity index is 184. The number of nitrogens with zero attached hydrogens (tertiary/aromatic N) is 1. The van der Waals surface area contributed by atoms with E-state index in [1.807, 2.05) is 0 Å². The molecule has 0 radical (unpaired) electrons. The Morgan fingerprint density at radius 2 is 2.40 bits per heavy atom. The van der Waals surface area contributed by atoms with Crippen LogP contribution >= 0.6 is 12.2 Å². The molecule has 3 heteroatoms. The van der Waals surface area contributed by atoms with Crippen molar-refractivity contribution in [1.82, 2.24) is 0 Å². The van der Waals surface area contributed by atoms with E-state index in [0.717, 1.165) is 19.3 Å². The molecule has 1 saturated carbocycles. The van der Waals surface area contributed by atoms with Crippen LogP contribution in [0.25, 0.3) is 0 Å². The summed E-state index contributed by atoms with van der Waals surface area (Å²) in [4.78, 5) is 14.8. The largest absolute Gasteiger partial charge is 0.297 e. The van der Waals surface area contributed by atoms with Crippen LogP contribution in [0, 0.1) is 0 Å². The van der Waals surface area contributed by atoms with Gasteiger partial charge in [-0.1, -0.05) is 6.42 Å². The van der Waals surface area contributed by atoms with Gasteiger partial charge in [-0.05, 0) is 25.1 Å². The molecule has 10 heavy (non-hydrogen) atoms. The topological polar surface area (TPSA) is 29.4 Å². The Labute approximate surface area is 65.3 Å². The fourth-order valence-corrected chi connectivity index (χ4v) is 1.29. The summed E-state index contributed by atoms with van der Waals surface area (Å²) in [6, 6.07) is -0.161. The Morgan fingerprint density at radius 3 is 3.00 bits per heavy atom. The summed E-state index contributed by atoms with van der Waals surface area (Å²) in [5.41, 5.74) is 0. The van der Waals surface area contributed by atoms with E-state index < -0.39 is 0 Å². The molecule has 0 spiro atoms. The first-order valence-corrected chi connectivity index (χ1v) is 3.85. The summed E-state index contributed by atoms with van der Waals surface area (Å²) in [5.74, 6) is 0.226. The van der Waals surface area contributed by atoms with Crippen LogP contribution in [-0.4, -0.2) is 17.0 Å². The molecule has 0 aromatic rings. The molecule has 0 bridgehead atoms. The molecule has 0 aliphatic heterocycles. The molecular formula is C7H9NOS. The minimum atomic E-state index is -0.161. The summed E-state index contributed by atoms with van der Waals surface area (Å²) in [6.07, 6.45) is 3.65. The van der Waals surface area contributed by atoms with Crippen molar-refractivity contribution in [2.75, 3.05) is 0 Å². The van der Waals surface area contributed by atoms with Gasteiger partial charge in [0.05, 0.1) is 5.16 Å². The van der Waals surface area contributed by atoms with Gasteiger partial charge >= 0.3 is 0 Å². The van der Waals surface area contributed by atoms with Crippen molar-refractivity contribution in [3.05, 3.63) is 0 Å². The van der Waals surface area contributed by atoms with E-state index in [1.165, 1.54) is 0 Å². The smallest absolute Gasteiger partial charge is 0.158 e. The van der Waals surface area contributed by atoms with Crippen molar-refractivity contribution >= 4 is 23.2 Å². The maximum absolute atomic E-state index is 11.0. The van der Waals surface area contributed by atoms with Crippen molar-refractivity contribution in [3.8, 4) is 0 Å². The van der Waals surface area contributed by atoms with E-state index in [2.05, 4.69) is 22.4 Å². The molecule has 54 valence electrons. The number of rotatable bonds is 1. The number of aliphatic imine (C=N–C) groups is 1. The van der Waals surface area contributed by atoms with Crippen LogP contribution < -0.4 is 0 Å². The molecular weight excluding hydrogens is 146 g/mol. The van der Waals surface area contributed by atoms with E-state index in [4.69, 9.17) is 0 Å². The van der Waals surface area contributed by atoms with Gasteiger partial charge in [0, 0.05) is 6.42 Å². The van der Waals surface area contributed by atoms with Crippen LogP contribution in [0.4, 0.5) is 0 Å². The number of thiocarbonyl (C=S) groups is 1. The number of Topliss-reactive ketones (excluding diaryl/α,β-unsaturated/α-hetero) is 1. The quantitative estimate of drug-likeness (QED) is 0.425. The van der Waals surface area contributed by atoms with E-state index in [0.29, 0.717) is 6.42 Å². The van der Waals surface area contributed by atoms with Crippen LogP contribution in [0.1, 0.15) is 25.7 Å². The third-order valence-electron chi connectivity index (χ3n) is 1.73. The number of carbonyl (C=O) groups excluding carboxylic acids is 1. The molecule has 1 unspecified atom stereocenters. The monoisotopic (exact) mass is 155 g/mol. The zero-order chi connectivity index (χ0) is 7.40. The summed E-state index contributed by atoms with van der Waals surface area (Å²) < 4.78 is 0. The van der Waals surface area contributed by atoms with Crippen molar-refractivity contribution in [2.24, 2.45) is 4.99 Å². The van der Waals surface area contributed by atoms with Gasteiger partial charge in [-0.25, -0.2) is 4.99 Å². The van der Waals surface area contributed by atoms with Crippen LogP contribution in [0.3, 0.4) is 0 Å². The van der Waals surface area contributed by atoms with E-state index in [-0.39, 0.29) is 11.8 Å². The zero-order valence-corrected chi connectivity index (χ0v) is 6.49. The fourth-order valence-electron chi connectivity index (χ4n) is 1.16. The van der Waals surface area contributed by atoms with Crippen molar-refractivity contribution in [2.45, 2.75) is 31.7 Å². The van der Waals surface area contributed by atoms with Crippen LogP contribution in [-0.2, 0) is 4.79 Å². The lowest BCUT2D eigenvalue weighted by atomic mass is 9.95. The Balaban J connectivity index is 2.55. The zero-order valence-electron chi connectivity index (χ0n) is 5.67. The molecule has 0 N–H and O–H groups in total. The van der Waals surface area contributed by atoms with Gasteiger partial charge in [0.2, 0.25) is 0 Å². The van der Waals surface area contributed by atoms with E-state index in [9.17, 15) is 4.79 Å². The molecule has 1 fully saturated rings. The third-order valence-corrected chi connectivity index (χ3v) is 1.84. The average molecular weight is 155 g/mol. The predicted octanol–water partition coefficient (Wildman–Crippen LogP) is 1.60. The standard InChI is InChI=1S/C7H9NOS/c9-7-4-2-1-3-6(7)8-5-10/h6H,1-4H2. The highest BCUT2D eigenvalue weighted by molar-refractivity contribution is 7.78. The van der Waals surface area contributed by atoms with Crippen LogP contribution in [0.15, 0.2) is 4.99 Å². The molecule has 2 nitrogen and oxygen atoms in total. The minimum Gasteiger partial charge on any atom is -0.297 e. The molecule has 1 rings (SSSR count). The molecule has 0 aromatic carbocycles. The number of ketones is 1. The molecule has 0 heterocycles. The van der Waals surface area contributed by atoms with Gasteiger partial charge < -0.3 is 0 Å².